The molecule has 3 saturated heterocycles. The number of carbonyl (C=O) groups excluding carboxylic acids is 1. The van der Waals surface area contributed by atoms with Crippen LogP contribution in [0.2, 0.25) is 0 Å². The van der Waals surface area contributed by atoms with Crippen molar-refractivity contribution in [2.45, 2.75) is 356 Å². The molecule has 19 heteroatoms. The minimum absolute atomic E-state index is 0.245. The molecule has 0 aromatic heterocycles. The zero-order valence-corrected chi connectivity index (χ0v) is 53.0. The number of carbonyl (C=O) groups is 1. The van der Waals surface area contributed by atoms with Gasteiger partial charge in [0.05, 0.1) is 38.6 Å². The van der Waals surface area contributed by atoms with Crippen molar-refractivity contribution in [3.63, 3.8) is 0 Å². The fourth-order valence-electron chi connectivity index (χ4n) is 11.6. The van der Waals surface area contributed by atoms with Gasteiger partial charge in [0.2, 0.25) is 5.91 Å². The number of hydrogen-bond acceptors (Lipinski definition) is 18. The molecule has 3 heterocycles. The van der Waals surface area contributed by atoms with Crippen molar-refractivity contribution in [2.24, 2.45) is 0 Å². The number of rotatable bonds is 52. The van der Waals surface area contributed by atoms with Crippen molar-refractivity contribution in [2.75, 3.05) is 26.4 Å². The average molecular weight is 1230 g/mol. The first-order valence-corrected chi connectivity index (χ1v) is 34.2. The molecule has 504 valence electrons. The maximum Gasteiger partial charge on any atom is 0.220 e. The van der Waals surface area contributed by atoms with Gasteiger partial charge in [0.15, 0.2) is 18.9 Å². The first kappa shape index (κ1) is 78.3. The number of ether oxygens (including phenoxy) is 6. The number of aliphatic hydroxyl groups excluding tert-OH is 11. The first-order valence-electron chi connectivity index (χ1n) is 34.2. The molecule has 19 nitrogen and oxygen atoms in total. The van der Waals surface area contributed by atoms with E-state index >= 15 is 0 Å². The smallest absolute Gasteiger partial charge is 0.220 e. The van der Waals surface area contributed by atoms with E-state index in [9.17, 15) is 61.0 Å². The molecule has 17 atom stereocenters. The van der Waals surface area contributed by atoms with E-state index < -0.39 is 124 Å². The van der Waals surface area contributed by atoms with Crippen LogP contribution in [0.15, 0.2) is 36.5 Å². The minimum Gasteiger partial charge on any atom is -0.394 e. The lowest BCUT2D eigenvalue weighted by atomic mass is 9.96. The van der Waals surface area contributed by atoms with Gasteiger partial charge in [-0.2, -0.15) is 0 Å². The summed E-state index contributed by atoms with van der Waals surface area (Å²) in [5, 5.41) is 119. The molecule has 0 aliphatic carbocycles. The molecular formula is C67H123NO18. The molecule has 86 heavy (non-hydrogen) atoms. The van der Waals surface area contributed by atoms with Crippen LogP contribution in [-0.2, 0) is 33.2 Å². The third-order valence-electron chi connectivity index (χ3n) is 17.2. The van der Waals surface area contributed by atoms with E-state index in [0.717, 1.165) is 38.5 Å². The van der Waals surface area contributed by atoms with Gasteiger partial charge in [-0.1, -0.05) is 237 Å². The number of nitrogens with one attached hydrogen (secondary N) is 1. The van der Waals surface area contributed by atoms with Crippen LogP contribution >= 0.6 is 0 Å². The monoisotopic (exact) mass is 1230 g/mol. The predicted octanol–water partition coefficient (Wildman–Crippen LogP) is 8.44. The minimum atomic E-state index is -1.97. The molecule has 0 aromatic carbocycles. The van der Waals surface area contributed by atoms with Crippen molar-refractivity contribution in [3.05, 3.63) is 36.5 Å². The number of amides is 1. The molecule has 0 spiro atoms. The van der Waals surface area contributed by atoms with Crippen LogP contribution < -0.4 is 5.32 Å². The van der Waals surface area contributed by atoms with E-state index in [0.29, 0.717) is 12.8 Å². The lowest BCUT2D eigenvalue weighted by molar-refractivity contribution is -0.379. The number of aliphatic hydroxyl groups is 11. The van der Waals surface area contributed by atoms with Crippen LogP contribution in [0.1, 0.15) is 251 Å². The summed E-state index contributed by atoms with van der Waals surface area (Å²) in [4.78, 5) is 13.2. The molecule has 3 aliphatic rings. The van der Waals surface area contributed by atoms with Gasteiger partial charge in [-0.15, -0.1) is 0 Å². The molecule has 1 amide bonds. The van der Waals surface area contributed by atoms with E-state index in [-0.39, 0.29) is 18.9 Å². The first-order chi connectivity index (χ1) is 41.8. The van der Waals surface area contributed by atoms with Crippen molar-refractivity contribution in [1.82, 2.24) is 5.32 Å². The summed E-state index contributed by atoms with van der Waals surface area (Å²) in [6, 6.07) is -0.966. The van der Waals surface area contributed by atoms with E-state index in [1.54, 1.807) is 6.08 Å². The summed E-state index contributed by atoms with van der Waals surface area (Å²) >= 11 is 0. The highest BCUT2D eigenvalue weighted by atomic mass is 16.8. The third-order valence-corrected chi connectivity index (χ3v) is 17.2. The van der Waals surface area contributed by atoms with Gasteiger partial charge in [0, 0.05) is 6.42 Å². The summed E-state index contributed by atoms with van der Waals surface area (Å²) in [7, 11) is 0. The lowest BCUT2D eigenvalue weighted by Crippen LogP contribution is -2.66. The zero-order valence-electron chi connectivity index (χ0n) is 53.0. The Kier molecular flexibility index (Phi) is 45.2. The van der Waals surface area contributed by atoms with Gasteiger partial charge in [0.1, 0.15) is 73.2 Å². The van der Waals surface area contributed by atoms with Crippen LogP contribution in [0.25, 0.3) is 0 Å². The standard InChI is InChI=1S/C67H123NO18/c1-3-5-7-9-10-11-12-13-14-15-16-17-18-19-20-21-22-23-24-25-26-27-28-29-30-31-32-33-34-35-36-37-38-39-40-41-43-45-55(73)68-50(51(72)44-42-8-6-4-2)49-81-65-61(79)58(76)63(53(47-70)83-65)86-67-62(80)59(77)64(54(48-71)84-67)85-66-60(78)57(75)56(74)52(46-69)82-66/h12-13,15-16,42,44,50-54,56-67,69-72,74-80H,3-11,14,17-41,43,45-49H2,1-2H3,(H,68,73)/b13-12-,16-15-,44-42+. The van der Waals surface area contributed by atoms with Crippen molar-refractivity contribution in [3.8, 4) is 0 Å². The SMILES string of the molecule is CCCC/C=C/C(O)C(COC1OC(CO)C(OC2OC(CO)C(OC3OC(CO)C(O)C(O)C3O)C(O)C2O)C(O)C1O)NC(=O)CCCCCCCCCCCCCCCCCCCCCCCCCCC/C=C\C/C=C\CCCCCCC. The van der Waals surface area contributed by atoms with Crippen LogP contribution in [0.5, 0.6) is 0 Å². The highest BCUT2D eigenvalue weighted by molar-refractivity contribution is 5.76. The molecule has 0 saturated carbocycles. The quantitative estimate of drug-likeness (QED) is 0.0201. The van der Waals surface area contributed by atoms with E-state index in [1.165, 1.54) is 180 Å². The Bertz CT molecular complexity index is 1710. The predicted molar refractivity (Wildman–Crippen MR) is 333 cm³/mol. The molecule has 3 fully saturated rings. The molecular weight excluding hydrogens is 1110 g/mol. The largest absolute Gasteiger partial charge is 0.394 e. The number of allylic oxidation sites excluding steroid dienone is 5. The van der Waals surface area contributed by atoms with Crippen LogP contribution in [0, 0.1) is 0 Å². The Balaban J connectivity index is 1.22. The number of hydrogen-bond donors (Lipinski definition) is 12. The zero-order chi connectivity index (χ0) is 62.6. The second-order valence-electron chi connectivity index (χ2n) is 24.6. The fraction of sp³-hybridized carbons (Fsp3) is 0.896. The van der Waals surface area contributed by atoms with Gasteiger partial charge in [-0.25, -0.2) is 0 Å². The van der Waals surface area contributed by atoms with Gasteiger partial charge >= 0.3 is 0 Å². The van der Waals surface area contributed by atoms with Gasteiger partial charge in [-0.05, 0) is 44.9 Å². The fourth-order valence-corrected chi connectivity index (χ4v) is 11.6. The van der Waals surface area contributed by atoms with Crippen molar-refractivity contribution in [1.29, 1.82) is 0 Å². The average Bonchev–Trinajstić information content (AvgIpc) is 1.95. The normalized spacial score (nSPS) is 29.0. The molecule has 0 radical (unpaired) electrons. The Morgan fingerprint density at radius 2 is 0.779 bits per heavy atom. The Morgan fingerprint density at radius 3 is 1.21 bits per heavy atom. The van der Waals surface area contributed by atoms with E-state index in [1.807, 2.05) is 13.0 Å². The molecule has 17 unspecified atom stereocenters. The summed E-state index contributed by atoms with van der Waals surface area (Å²) in [6.45, 7) is 1.55. The molecule has 12 N–H and O–H groups in total. The topological polar surface area (TPSA) is 307 Å². The summed E-state index contributed by atoms with van der Waals surface area (Å²) in [6.07, 6.45) is 31.4. The summed E-state index contributed by atoms with van der Waals surface area (Å²) in [5.74, 6) is -0.282. The summed E-state index contributed by atoms with van der Waals surface area (Å²) < 4.78 is 34.1. The van der Waals surface area contributed by atoms with Gasteiger partial charge < -0.3 is 89.9 Å². The third kappa shape index (κ3) is 31.8. The van der Waals surface area contributed by atoms with Crippen molar-refractivity contribution >= 4 is 5.91 Å². The van der Waals surface area contributed by atoms with E-state index in [4.69, 9.17) is 28.4 Å². The van der Waals surface area contributed by atoms with Gasteiger partial charge in [0.25, 0.3) is 0 Å². The highest BCUT2D eigenvalue weighted by Crippen LogP contribution is 2.33. The van der Waals surface area contributed by atoms with Crippen molar-refractivity contribution < 1.29 is 89.4 Å². The molecule has 0 bridgehead atoms. The van der Waals surface area contributed by atoms with Gasteiger partial charge in [-0.3, -0.25) is 4.79 Å². The lowest BCUT2D eigenvalue weighted by Gasteiger charge is -2.48. The number of unbranched alkanes of at least 4 members (excludes halogenated alkanes) is 32. The Hall–Kier alpha value is -1.99. The second-order valence-corrected chi connectivity index (χ2v) is 24.6. The molecule has 3 rings (SSSR count). The van der Waals surface area contributed by atoms with E-state index in [2.05, 4.69) is 36.5 Å². The van der Waals surface area contributed by atoms with Crippen LogP contribution in [-0.4, -0.2) is 193 Å². The van der Waals surface area contributed by atoms with Crippen LogP contribution in [0.4, 0.5) is 0 Å². The van der Waals surface area contributed by atoms with Crippen LogP contribution in [0.3, 0.4) is 0 Å². The Labute approximate surface area is 517 Å². The maximum atomic E-state index is 13.2. The maximum absolute atomic E-state index is 13.2. The second kappa shape index (κ2) is 49.7. The highest BCUT2D eigenvalue weighted by Gasteiger charge is 2.53. The Morgan fingerprint density at radius 1 is 0.419 bits per heavy atom. The molecule has 0 aromatic rings. The summed E-state index contributed by atoms with van der Waals surface area (Å²) in [5.41, 5.74) is 0. The molecule has 3 aliphatic heterocycles.